The van der Waals surface area contributed by atoms with Crippen molar-refractivity contribution in [1.82, 2.24) is 0 Å². The molecule has 1 aliphatic heterocycles. The average molecular weight is 573 g/mol. The molecule has 1 aliphatic rings. The zero-order valence-corrected chi connectivity index (χ0v) is 24.5. The van der Waals surface area contributed by atoms with E-state index in [1.165, 1.54) is 21.1 Å². The number of hydrogen-bond donors (Lipinski definition) is 0. The summed E-state index contributed by atoms with van der Waals surface area (Å²) in [5, 5.41) is 10.3. The number of nitrogens with zero attached hydrogens (tertiary/aromatic N) is 2. The number of halogens is 1. The van der Waals surface area contributed by atoms with E-state index in [1.807, 2.05) is 37.3 Å². The van der Waals surface area contributed by atoms with Gasteiger partial charge in [0.2, 0.25) is 0 Å². The Kier molecular flexibility index (Phi) is 5.23. The number of nitriles is 1. The Labute approximate surface area is 236 Å². The van der Waals surface area contributed by atoms with Crippen LogP contribution in [0.15, 0.2) is 91.1 Å². The van der Waals surface area contributed by atoms with Crippen molar-refractivity contribution in [2.24, 2.45) is 7.05 Å². The average Bonchev–Trinajstić information content (AvgIpc) is 3.19. The van der Waals surface area contributed by atoms with Crippen LogP contribution in [0.25, 0.3) is 44.6 Å². The number of pyridine rings is 1. The molecule has 0 atom stereocenters. The van der Waals surface area contributed by atoms with Crippen LogP contribution in [0.5, 0.6) is 0 Å². The first-order valence-electron chi connectivity index (χ1n) is 14.5. The van der Waals surface area contributed by atoms with Crippen molar-refractivity contribution in [3.05, 3.63) is 114 Å². The van der Waals surface area contributed by atoms with E-state index in [2.05, 4.69) is 66.1 Å². The van der Waals surface area contributed by atoms with Gasteiger partial charge in [-0.3, -0.25) is 0 Å². The SMILES string of the molecule is [2H]C([2H])([2H])c1cc(-c2c(C)ccc3[c]2[Ge]([CH3])([CH3])[c]2c-3ccc(C#N)c2-c2cccc(-c3ccccc3)c2)[n+](C)cc1F. The molecule has 0 N–H and O–H groups in total. The summed E-state index contributed by atoms with van der Waals surface area (Å²) >= 11 is -3.19. The van der Waals surface area contributed by atoms with Crippen LogP contribution in [0.3, 0.4) is 0 Å². The normalized spacial score (nSPS) is 14.5. The Balaban J connectivity index is 1.63. The van der Waals surface area contributed by atoms with Gasteiger partial charge in [0.25, 0.3) is 0 Å². The number of fused-ring (bicyclic) bond motifs is 3. The molecule has 0 spiro atoms. The number of rotatable bonds is 3. The Bertz CT molecular complexity index is 1940. The van der Waals surface area contributed by atoms with Crippen LogP contribution in [-0.4, -0.2) is 13.3 Å². The molecule has 0 bridgehead atoms. The first kappa shape index (κ1) is 21.9. The van der Waals surface area contributed by atoms with Gasteiger partial charge in [-0.05, 0) is 0 Å². The van der Waals surface area contributed by atoms with Gasteiger partial charge in [0.15, 0.2) is 0 Å². The third kappa shape index (κ3) is 3.94. The predicted octanol–water partition coefficient (Wildman–Crippen LogP) is 6.94. The fraction of sp³-hybridized carbons (Fsp3) is 0.143. The first-order chi connectivity index (χ1) is 19.9. The molecule has 6 rings (SSSR count). The quantitative estimate of drug-likeness (QED) is 0.170. The van der Waals surface area contributed by atoms with Gasteiger partial charge >= 0.3 is 237 Å². The van der Waals surface area contributed by atoms with E-state index in [1.54, 1.807) is 11.6 Å². The van der Waals surface area contributed by atoms with Crippen molar-refractivity contribution in [3.63, 3.8) is 0 Å². The zero-order chi connectivity index (χ0) is 30.0. The van der Waals surface area contributed by atoms with E-state index in [-0.39, 0.29) is 5.56 Å². The Morgan fingerprint density at radius 2 is 1.46 bits per heavy atom. The molecule has 4 heteroatoms. The number of hydrogen-bond acceptors (Lipinski definition) is 1. The van der Waals surface area contributed by atoms with Gasteiger partial charge in [-0.25, -0.2) is 0 Å². The summed E-state index contributed by atoms with van der Waals surface area (Å²) in [5.74, 6) is 3.94. The van der Waals surface area contributed by atoms with Crippen LogP contribution < -0.4 is 13.4 Å². The zero-order valence-electron chi connectivity index (χ0n) is 25.4. The monoisotopic (exact) mass is 574 g/mol. The van der Waals surface area contributed by atoms with Gasteiger partial charge < -0.3 is 0 Å². The number of benzene rings is 4. The summed E-state index contributed by atoms with van der Waals surface area (Å²) < 4.78 is 42.9. The molecule has 0 saturated carbocycles. The van der Waals surface area contributed by atoms with Crippen LogP contribution in [0, 0.1) is 30.9 Å². The van der Waals surface area contributed by atoms with Crippen LogP contribution >= 0.6 is 0 Å². The molecule has 1 aromatic heterocycles. The molecule has 0 fully saturated rings. The summed E-state index contributed by atoms with van der Waals surface area (Å²) in [4.78, 5) is 0. The van der Waals surface area contributed by atoms with Gasteiger partial charge in [-0.1, -0.05) is 0 Å². The fourth-order valence-corrected chi connectivity index (χ4v) is 14.4. The fourth-order valence-electron chi connectivity index (χ4n) is 6.25. The van der Waals surface area contributed by atoms with Crippen LogP contribution in [-0.2, 0) is 7.05 Å². The second-order valence-electron chi connectivity index (χ2n) is 10.8. The molecular formula is C35H30FGeN2+. The molecule has 2 heterocycles. The predicted molar refractivity (Wildman–Crippen MR) is 160 cm³/mol. The van der Waals surface area contributed by atoms with Crippen LogP contribution in [0.1, 0.15) is 20.8 Å². The molecule has 190 valence electrons. The van der Waals surface area contributed by atoms with Gasteiger partial charge in [-0.15, -0.1) is 0 Å². The van der Waals surface area contributed by atoms with Crippen LogP contribution in [0.4, 0.5) is 4.39 Å². The van der Waals surface area contributed by atoms with E-state index in [4.69, 9.17) is 4.11 Å². The summed E-state index contributed by atoms with van der Waals surface area (Å²) in [6.07, 6.45) is 1.27. The van der Waals surface area contributed by atoms with Crippen molar-refractivity contribution in [1.29, 1.82) is 5.26 Å². The minimum absolute atomic E-state index is 0.279. The van der Waals surface area contributed by atoms with Crippen molar-refractivity contribution in [2.45, 2.75) is 25.3 Å². The maximum atomic E-state index is 14.9. The first-order valence-corrected chi connectivity index (χ1v) is 19.3. The third-order valence-corrected chi connectivity index (χ3v) is 15.4. The van der Waals surface area contributed by atoms with E-state index >= 15 is 0 Å². The second-order valence-corrected chi connectivity index (χ2v) is 19.7. The number of aryl methyl sites for hydroxylation is 3. The van der Waals surface area contributed by atoms with Gasteiger partial charge in [0.05, 0.1) is 0 Å². The maximum absolute atomic E-state index is 14.9. The third-order valence-electron chi connectivity index (χ3n) is 8.02. The summed E-state index contributed by atoms with van der Waals surface area (Å²) in [5.41, 5.74) is 9.42. The summed E-state index contributed by atoms with van der Waals surface area (Å²) in [6, 6.07) is 30.8. The van der Waals surface area contributed by atoms with E-state index < -0.39 is 25.9 Å². The summed E-state index contributed by atoms with van der Waals surface area (Å²) in [7, 11) is 1.76. The topological polar surface area (TPSA) is 27.7 Å². The second kappa shape index (κ2) is 9.32. The summed E-state index contributed by atoms with van der Waals surface area (Å²) in [6.45, 7) is -0.544. The van der Waals surface area contributed by atoms with Gasteiger partial charge in [-0.2, -0.15) is 0 Å². The Hall–Kier alpha value is -4.01. The molecule has 0 saturated heterocycles. The van der Waals surface area contributed by atoms with Gasteiger partial charge in [0.1, 0.15) is 0 Å². The molecule has 5 aromatic rings. The standard InChI is InChI=1S/C35H30FGeN2/c1-22-14-16-28-29-17-15-27(20-38)33(26-13-9-12-25(19-26)24-10-7-6-8-11-24)35(29)37(3,4)34(28)32(22)31-18-23(2)30(36)21-39(31)5/h6-19,21H,1-5H3/q+1/i2D3. The molecule has 0 unspecified atom stereocenters. The molecule has 4 aromatic carbocycles. The van der Waals surface area contributed by atoms with Crippen molar-refractivity contribution in [2.75, 3.05) is 0 Å². The van der Waals surface area contributed by atoms with Crippen molar-refractivity contribution < 1.29 is 13.1 Å². The molecule has 0 amide bonds. The van der Waals surface area contributed by atoms with E-state index in [0.717, 1.165) is 44.5 Å². The van der Waals surface area contributed by atoms with E-state index in [9.17, 15) is 9.65 Å². The Morgan fingerprint density at radius 1 is 0.795 bits per heavy atom. The molecular weight excluding hydrogens is 540 g/mol. The molecule has 2 nitrogen and oxygen atoms in total. The van der Waals surface area contributed by atoms with Crippen molar-refractivity contribution >= 4 is 22.1 Å². The Morgan fingerprint density at radius 3 is 2.18 bits per heavy atom. The molecule has 0 radical (unpaired) electrons. The van der Waals surface area contributed by atoms with E-state index in [0.29, 0.717) is 11.3 Å². The van der Waals surface area contributed by atoms with Gasteiger partial charge in [0, 0.05) is 0 Å². The number of aromatic nitrogens is 1. The van der Waals surface area contributed by atoms with Crippen molar-refractivity contribution in [3.8, 4) is 50.7 Å². The minimum atomic E-state index is -3.19. The molecule has 39 heavy (non-hydrogen) atoms. The molecule has 0 aliphatic carbocycles. The van der Waals surface area contributed by atoms with Crippen LogP contribution in [0.2, 0.25) is 11.5 Å².